The molecule has 0 aliphatic rings. The number of fused-ring (bicyclic) bond motifs is 1. The Kier molecular flexibility index (Phi) is 2.03. The summed E-state index contributed by atoms with van der Waals surface area (Å²) in [6.45, 7) is 0. The van der Waals surface area contributed by atoms with Crippen LogP contribution >= 0.6 is 11.8 Å². The lowest BCUT2D eigenvalue weighted by Gasteiger charge is -1.88. The molecule has 0 saturated heterocycles. The Hall–Kier alpha value is -2.02. The number of nitrogens with one attached hydrogen (secondary N) is 1. The Bertz CT molecular complexity index is 618. The highest BCUT2D eigenvalue weighted by atomic mass is 32.2. The molecular weight excluding hydrogens is 226 g/mol. The van der Waals surface area contributed by atoms with Crippen molar-refractivity contribution in [3.8, 4) is 0 Å². The molecule has 0 aliphatic heterocycles. The molecule has 2 heterocycles. The summed E-state index contributed by atoms with van der Waals surface area (Å²) in [7, 11) is 0. The van der Waals surface area contributed by atoms with Crippen molar-refractivity contribution < 1.29 is 4.42 Å². The molecule has 0 unspecified atom stereocenters. The number of hydrogen-bond acceptors (Lipinski definition) is 6. The van der Waals surface area contributed by atoms with E-state index in [-0.39, 0.29) is 0 Å². The molecule has 7 heteroatoms. The van der Waals surface area contributed by atoms with Gasteiger partial charge in [-0.15, -0.1) is 0 Å². The van der Waals surface area contributed by atoms with Gasteiger partial charge in [0.1, 0.15) is 11.8 Å². The van der Waals surface area contributed by atoms with Crippen molar-refractivity contribution in [2.75, 3.05) is 5.73 Å². The molecule has 3 rings (SSSR count). The fourth-order valence-electron chi connectivity index (χ4n) is 1.29. The zero-order valence-corrected chi connectivity index (χ0v) is 8.86. The third-order valence-corrected chi connectivity index (χ3v) is 2.71. The van der Waals surface area contributed by atoms with Crippen molar-refractivity contribution in [1.29, 1.82) is 0 Å². The number of anilines is 1. The molecule has 6 nitrogen and oxygen atoms in total. The second-order valence-corrected chi connectivity index (χ2v) is 4.04. The van der Waals surface area contributed by atoms with E-state index in [1.165, 1.54) is 18.1 Å². The van der Waals surface area contributed by atoms with Crippen LogP contribution in [0, 0.1) is 0 Å². The van der Waals surface area contributed by atoms with Crippen LogP contribution < -0.4 is 5.73 Å². The molecule has 0 amide bonds. The second kappa shape index (κ2) is 3.53. The van der Waals surface area contributed by atoms with Gasteiger partial charge in [-0.2, -0.15) is 5.10 Å². The summed E-state index contributed by atoms with van der Waals surface area (Å²) in [5, 5.41) is 7.61. The quantitative estimate of drug-likeness (QED) is 0.654. The highest BCUT2D eigenvalue weighted by molar-refractivity contribution is 7.98. The lowest BCUT2D eigenvalue weighted by Crippen LogP contribution is -1.82. The molecule has 0 atom stereocenters. The van der Waals surface area contributed by atoms with Crippen LogP contribution in [-0.4, -0.2) is 20.2 Å². The molecule has 0 saturated carbocycles. The summed E-state index contributed by atoms with van der Waals surface area (Å²) in [5.74, 6) is 0. The Labute approximate surface area is 94.3 Å². The molecule has 3 aromatic rings. The number of nitrogens with two attached hydrogens (primary N) is 1. The van der Waals surface area contributed by atoms with Crippen LogP contribution in [0.2, 0.25) is 0 Å². The van der Waals surface area contributed by atoms with E-state index < -0.39 is 0 Å². The van der Waals surface area contributed by atoms with Crippen molar-refractivity contribution in [3.63, 3.8) is 0 Å². The molecule has 0 radical (unpaired) electrons. The maximum absolute atomic E-state index is 5.65. The van der Waals surface area contributed by atoms with Gasteiger partial charge in [-0.3, -0.25) is 5.10 Å². The molecular formula is C9H7N5OS. The monoisotopic (exact) mass is 233 g/mol. The average molecular weight is 233 g/mol. The Balaban J connectivity index is 1.99. The topological polar surface area (TPSA) is 93.6 Å². The third kappa shape index (κ3) is 1.61. The van der Waals surface area contributed by atoms with E-state index in [1.54, 1.807) is 18.2 Å². The number of H-pyrrole nitrogens is 1. The molecule has 80 valence electrons. The first-order chi connectivity index (χ1) is 7.81. The highest BCUT2D eigenvalue weighted by Gasteiger charge is 2.08. The largest absolute Gasteiger partial charge is 0.431 e. The van der Waals surface area contributed by atoms with Gasteiger partial charge in [0.2, 0.25) is 0 Å². The molecule has 16 heavy (non-hydrogen) atoms. The van der Waals surface area contributed by atoms with Gasteiger partial charge < -0.3 is 10.2 Å². The van der Waals surface area contributed by atoms with Crippen LogP contribution in [0.1, 0.15) is 0 Å². The van der Waals surface area contributed by atoms with E-state index in [9.17, 15) is 0 Å². The maximum atomic E-state index is 5.65. The Morgan fingerprint density at radius 3 is 3.12 bits per heavy atom. The zero-order chi connectivity index (χ0) is 11.0. The zero-order valence-electron chi connectivity index (χ0n) is 8.04. The van der Waals surface area contributed by atoms with E-state index in [0.29, 0.717) is 21.6 Å². The first-order valence-corrected chi connectivity index (χ1v) is 5.32. The van der Waals surface area contributed by atoms with Crippen molar-refractivity contribution in [2.24, 2.45) is 0 Å². The smallest absolute Gasteiger partial charge is 0.264 e. The number of aromatic amines is 1. The number of rotatable bonds is 2. The molecule has 0 spiro atoms. The number of benzene rings is 1. The third-order valence-electron chi connectivity index (χ3n) is 1.97. The van der Waals surface area contributed by atoms with Gasteiger partial charge in [0.25, 0.3) is 5.22 Å². The van der Waals surface area contributed by atoms with Crippen LogP contribution in [0.15, 0.2) is 39.3 Å². The van der Waals surface area contributed by atoms with Crippen molar-refractivity contribution in [1.82, 2.24) is 20.2 Å². The van der Waals surface area contributed by atoms with Crippen LogP contribution in [0.5, 0.6) is 0 Å². The van der Waals surface area contributed by atoms with Crippen LogP contribution in [0.3, 0.4) is 0 Å². The van der Waals surface area contributed by atoms with Crippen molar-refractivity contribution >= 4 is 28.5 Å². The van der Waals surface area contributed by atoms with Crippen LogP contribution in [0.4, 0.5) is 5.69 Å². The van der Waals surface area contributed by atoms with Gasteiger partial charge in [-0.05, 0) is 18.2 Å². The predicted octanol–water partition coefficient (Wildman–Crippen LogP) is 1.68. The van der Waals surface area contributed by atoms with Gasteiger partial charge in [0.05, 0.1) is 0 Å². The lowest BCUT2D eigenvalue weighted by molar-refractivity contribution is 0.489. The van der Waals surface area contributed by atoms with E-state index in [1.807, 2.05) is 0 Å². The van der Waals surface area contributed by atoms with E-state index in [0.717, 1.165) is 5.52 Å². The Morgan fingerprint density at radius 1 is 1.38 bits per heavy atom. The van der Waals surface area contributed by atoms with Gasteiger partial charge in [0, 0.05) is 17.4 Å². The number of aromatic nitrogens is 4. The van der Waals surface area contributed by atoms with Gasteiger partial charge >= 0.3 is 0 Å². The molecule has 1 aromatic carbocycles. The van der Waals surface area contributed by atoms with Crippen LogP contribution in [0.25, 0.3) is 11.1 Å². The number of hydrogen-bond donors (Lipinski definition) is 2. The molecule has 2 aromatic heterocycles. The SMILES string of the molecule is Nc1ccc2oc(Sc3ncn[nH]3)nc2c1. The second-order valence-electron chi connectivity index (χ2n) is 3.10. The minimum Gasteiger partial charge on any atom is -0.431 e. The predicted molar refractivity (Wildman–Crippen MR) is 58.9 cm³/mol. The van der Waals surface area contributed by atoms with Gasteiger partial charge in [-0.25, -0.2) is 9.97 Å². The first kappa shape index (κ1) is 9.22. The highest BCUT2D eigenvalue weighted by Crippen LogP contribution is 2.27. The minimum atomic E-state index is 0.511. The molecule has 0 bridgehead atoms. The van der Waals surface area contributed by atoms with Crippen LogP contribution in [-0.2, 0) is 0 Å². The normalized spacial score (nSPS) is 11.0. The average Bonchev–Trinajstić information content (AvgIpc) is 2.86. The van der Waals surface area contributed by atoms with Crippen molar-refractivity contribution in [2.45, 2.75) is 10.4 Å². The fraction of sp³-hybridized carbons (Fsp3) is 0. The lowest BCUT2D eigenvalue weighted by atomic mass is 10.3. The fourth-order valence-corrected chi connectivity index (χ4v) is 1.93. The minimum absolute atomic E-state index is 0.511. The van der Waals surface area contributed by atoms with Gasteiger partial charge in [-0.1, -0.05) is 0 Å². The summed E-state index contributed by atoms with van der Waals surface area (Å²) >= 11 is 1.28. The van der Waals surface area contributed by atoms with E-state index >= 15 is 0 Å². The molecule has 3 N–H and O–H groups in total. The van der Waals surface area contributed by atoms with E-state index in [4.69, 9.17) is 10.2 Å². The molecule has 0 aliphatic carbocycles. The summed E-state index contributed by atoms with van der Waals surface area (Å²) in [6, 6.07) is 5.34. The summed E-state index contributed by atoms with van der Waals surface area (Å²) in [6.07, 6.45) is 1.43. The summed E-state index contributed by atoms with van der Waals surface area (Å²) < 4.78 is 5.50. The number of oxazole rings is 1. The van der Waals surface area contributed by atoms with Crippen molar-refractivity contribution in [3.05, 3.63) is 24.5 Å². The van der Waals surface area contributed by atoms with Gasteiger partial charge in [0.15, 0.2) is 10.7 Å². The number of nitrogens with zero attached hydrogens (tertiary/aromatic N) is 3. The summed E-state index contributed by atoms with van der Waals surface area (Å²) in [5.41, 5.74) is 7.76. The molecule has 0 fully saturated rings. The first-order valence-electron chi connectivity index (χ1n) is 4.50. The summed E-state index contributed by atoms with van der Waals surface area (Å²) in [4.78, 5) is 8.25. The number of nitrogen functional groups attached to an aromatic ring is 1. The Morgan fingerprint density at radius 2 is 2.31 bits per heavy atom. The van der Waals surface area contributed by atoms with E-state index in [2.05, 4.69) is 20.2 Å². The maximum Gasteiger partial charge on any atom is 0.264 e. The standard InChI is InChI=1S/C9H7N5OS/c10-5-1-2-7-6(3-5)13-9(15-7)16-8-11-4-12-14-8/h1-4H,10H2,(H,11,12,14).